The van der Waals surface area contributed by atoms with Gasteiger partial charge in [-0.25, -0.2) is 0 Å². The molecule has 1 aliphatic rings. The minimum Gasteiger partial charge on any atom is -0.367 e. The molecular weight excluding hydrogens is 136 g/mol. The van der Waals surface area contributed by atoms with Gasteiger partial charge in [-0.15, -0.1) is 0 Å². The lowest BCUT2D eigenvalue weighted by Gasteiger charge is -2.25. The number of aromatic nitrogens is 1. The Morgan fingerprint density at radius 2 is 2.36 bits per heavy atom. The molecule has 1 aromatic rings. The van der Waals surface area contributed by atoms with Crippen molar-refractivity contribution in [2.45, 2.75) is 25.8 Å². The SMILES string of the molecule is CC1CCc2c[nH]cc2C1N. The van der Waals surface area contributed by atoms with Crippen molar-refractivity contribution in [3.05, 3.63) is 23.5 Å². The van der Waals surface area contributed by atoms with Crippen LogP contribution in [0.4, 0.5) is 0 Å². The average Bonchev–Trinajstić information content (AvgIpc) is 2.45. The van der Waals surface area contributed by atoms with Crippen molar-refractivity contribution in [3.63, 3.8) is 0 Å². The second kappa shape index (κ2) is 2.38. The summed E-state index contributed by atoms with van der Waals surface area (Å²) in [5, 5.41) is 0. The Labute approximate surface area is 66.8 Å². The fraction of sp³-hybridized carbons (Fsp3) is 0.556. The van der Waals surface area contributed by atoms with E-state index in [9.17, 15) is 0 Å². The van der Waals surface area contributed by atoms with E-state index in [1.54, 1.807) is 0 Å². The maximum absolute atomic E-state index is 6.01. The van der Waals surface area contributed by atoms with Crippen LogP contribution in [0.5, 0.6) is 0 Å². The van der Waals surface area contributed by atoms with Crippen LogP contribution in [0.3, 0.4) is 0 Å². The Hall–Kier alpha value is -0.760. The monoisotopic (exact) mass is 150 g/mol. The smallest absolute Gasteiger partial charge is 0.0338 e. The van der Waals surface area contributed by atoms with Crippen LogP contribution >= 0.6 is 0 Å². The molecule has 0 bridgehead atoms. The van der Waals surface area contributed by atoms with Crippen molar-refractivity contribution < 1.29 is 0 Å². The van der Waals surface area contributed by atoms with E-state index in [-0.39, 0.29) is 6.04 Å². The van der Waals surface area contributed by atoms with Gasteiger partial charge in [0, 0.05) is 18.4 Å². The first-order valence-corrected chi connectivity index (χ1v) is 4.20. The number of H-pyrrole nitrogens is 1. The highest BCUT2D eigenvalue weighted by atomic mass is 14.7. The lowest BCUT2D eigenvalue weighted by atomic mass is 9.84. The van der Waals surface area contributed by atoms with E-state index in [2.05, 4.69) is 18.1 Å². The minimum absolute atomic E-state index is 0.255. The van der Waals surface area contributed by atoms with Gasteiger partial charge in [-0.2, -0.15) is 0 Å². The maximum atomic E-state index is 6.01. The van der Waals surface area contributed by atoms with Crippen molar-refractivity contribution in [2.24, 2.45) is 11.7 Å². The molecule has 0 amide bonds. The zero-order valence-corrected chi connectivity index (χ0v) is 6.80. The zero-order chi connectivity index (χ0) is 7.84. The summed E-state index contributed by atoms with van der Waals surface area (Å²) >= 11 is 0. The highest BCUT2D eigenvalue weighted by molar-refractivity contribution is 5.29. The molecule has 1 heterocycles. The molecule has 2 atom stereocenters. The Morgan fingerprint density at radius 1 is 1.55 bits per heavy atom. The van der Waals surface area contributed by atoms with Gasteiger partial charge in [-0.05, 0) is 29.9 Å². The van der Waals surface area contributed by atoms with Crippen molar-refractivity contribution in [3.8, 4) is 0 Å². The maximum Gasteiger partial charge on any atom is 0.0338 e. The third kappa shape index (κ3) is 0.979. The fourth-order valence-corrected chi connectivity index (χ4v) is 1.80. The average molecular weight is 150 g/mol. The van der Waals surface area contributed by atoms with Gasteiger partial charge in [0.2, 0.25) is 0 Å². The van der Waals surface area contributed by atoms with Crippen LogP contribution < -0.4 is 5.73 Å². The lowest BCUT2D eigenvalue weighted by molar-refractivity contribution is 0.413. The van der Waals surface area contributed by atoms with Crippen LogP contribution in [-0.4, -0.2) is 4.98 Å². The number of aryl methyl sites for hydroxylation is 1. The molecule has 1 aliphatic carbocycles. The number of aromatic amines is 1. The normalized spacial score (nSPS) is 30.0. The predicted molar refractivity (Wildman–Crippen MR) is 45.2 cm³/mol. The van der Waals surface area contributed by atoms with Crippen molar-refractivity contribution in [1.82, 2.24) is 4.98 Å². The molecule has 0 aliphatic heterocycles. The first-order valence-electron chi connectivity index (χ1n) is 4.20. The van der Waals surface area contributed by atoms with Crippen LogP contribution in [0.1, 0.15) is 30.5 Å². The Kier molecular flexibility index (Phi) is 1.50. The summed E-state index contributed by atoms with van der Waals surface area (Å²) < 4.78 is 0. The third-order valence-electron chi connectivity index (χ3n) is 2.71. The molecule has 1 aromatic heterocycles. The highest BCUT2D eigenvalue weighted by Crippen LogP contribution is 2.31. The number of nitrogens with one attached hydrogen (secondary N) is 1. The van der Waals surface area contributed by atoms with E-state index in [0.29, 0.717) is 5.92 Å². The summed E-state index contributed by atoms with van der Waals surface area (Å²) in [6.07, 6.45) is 6.52. The quantitative estimate of drug-likeness (QED) is 0.579. The van der Waals surface area contributed by atoms with Gasteiger partial charge in [0.15, 0.2) is 0 Å². The largest absolute Gasteiger partial charge is 0.367 e. The Balaban J connectivity index is 2.38. The van der Waals surface area contributed by atoms with E-state index in [1.165, 1.54) is 24.0 Å². The van der Waals surface area contributed by atoms with Gasteiger partial charge in [0.1, 0.15) is 0 Å². The molecule has 2 heteroatoms. The van der Waals surface area contributed by atoms with Gasteiger partial charge in [-0.3, -0.25) is 0 Å². The molecule has 2 unspecified atom stereocenters. The zero-order valence-electron chi connectivity index (χ0n) is 6.80. The van der Waals surface area contributed by atoms with Gasteiger partial charge in [0.05, 0.1) is 0 Å². The number of fused-ring (bicyclic) bond motifs is 1. The van der Waals surface area contributed by atoms with Gasteiger partial charge >= 0.3 is 0 Å². The first kappa shape index (κ1) is 6.92. The van der Waals surface area contributed by atoms with E-state index in [1.807, 2.05) is 6.20 Å². The van der Waals surface area contributed by atoms with Crippen LogP contribution in [0, 0.1) is 5.92 Å². The van der Waals surface area contributed by atoms with Crippen LogP contribution in [0.2, 0.25) is 0 Å². The van der Waals surface area contributed by atoms with Crippen LogP contribution in [0.25, 0.3) is 0 Å². The van der Waals surface area contributed by atoms with Crippen LogP contribution in [0.15, 0.2) is 12.4 Å². The third-order valence-corrected chi connectivity index (χ3v) is 2.71. The Bertz CT molecular complexity index is 252. The highest BCUT2D eigenvalue weighted by Gasteiger charge is 2.23. The summed E-state index contributed by atoms with van der Waals surface area (Å²) in [6.45, 7) is 2.22. The Morgan fingerprint density at radius 3 is 3.18 bits per heavy atom. The molecule has 60 valence electrons. The van der Waals surface area contributed by atoms with E-state index in [4.69, 9.17) is 5.73 Å². The van der Waals surface area contributed by atoms with E-state index >= 15 is 0 Å². The number of hydrogen-bond acceptors (Lipinski definition) is 1. The van der Waals surface area contributed by atoms with Crippen molar-refractivity contribution in [1.29, 1.82) is 0 Å². The summed E-state index contributed by atoms with van der Waals surface area (Å²) in [5.74, 6) is 0.637. The van der Waals surface area contributed by atoms with E-state index in [0.717, 1.165) is 0 Å². The standard InChI is InChI=1S/C9H14N2/c1-6-2-3-7-4-11-5-8(7)9(6)10/h4-6,9,11H,2-3,10H2,1H3. The summed E-state index contributed by atoms with van der Waals surface area (Å²) in [5.41, 5.74) is 8.75. The molecule has 0 spiro atoms. The van der Waals surface area contributed by atoms with Gasteiger partial charge in [-0.1, -0.05) is 6.92 Å². The molecule has 0 fully saturated rings. The molecule has 0 aromatic carbocycles. The summed E-state index contributed by atoms with van der Waals surface area (Å²) in [7, 11) is 0. The molecule has 3 N–H and O–H groups in total. The topological polar surface area (TPSA) is 41.8 Å². The molecule has 0 radical (unpaired) electrons. The van der Waals surface area contributed by atoms with Crippen molar-refractivity contribution >= 4 is 0 Å². The molecule has 2 rings (SSSR count). The summed E-state index contributed by atoms with van der Waals surface area (Å²) in [6, 6.07) is 0.255. The van der Waals surface area contributed by atoms with Gasteiger partial charge < -0.3 is 10.7 Å². The first-order chi connectivity index (χ1) is 5.29. The molecule has 2 nitrogen and oxygen atoms in total. The number of nitrogens with two attached hydrogens (primary N) is 1. The second-order valence-corrected chi connectivity index (χ2v) is 3.48. The molecule has 0 saturated heterocycles. The van der Waals surface area contributed by atoms with E-state index < -0.39 is 0 Å². The lowest BCUT2D eigenvalue weighted by Crippen LogP contribution is -2.23. The summed E-state index contributed by atoms with van der Waals surface area (Å²) in [4.78, 5) is 3.11. The molecule has 0 saturated carbocycles. The predicted octanol–water partition coefficient (Wildman–Crippen LogP) is 1.60. The van der Waals surface area contributed by atoms with Crippen LogP contribution in [-0.2, 0) is 6.42 Å². The van der Waals surface area contributed by atoms with Gasteiger partial charge in [0.25, 0.3) is 0 Å². The number of rotatable bonds is 0. The molecular formula is C9H14N2. The fourth-order valence-electron chi connectivity index (χ4n) is 1.80. The van der Waals surface area contributed by atoms with Crippen molar-refractivity contribution in [2.75, 3.05) is 0 Å². The second-order valence-electron chi connectivity index (χ2n) is 3.48. The molecule has 11 heavy (non-hydrogen) atoms. The minimum atomic E-state index is 0.255. The number of hydrogen-bond donors (Lipinski definition) is 2.